The lowest BCUT2D eigenvalue weighted by atomic mass is 10.0. The number of benzene rings is 3. The van der Waals surface area contributed by atoms with Gasteiger partial charge in [-0.25, -0.2) is 8.42 Å². The third-order valence-electron chi connectivity index (χ3n) is 5.06. The predicted octanol–water partition coefficient (Wildman–Crippen LogP) is 4.88. The molecule has 0 aliphatic heterocycles. The first kappa shape index (κ1) is 25.2. The highest BCUT2D eigenvalue weighted by Gasteiger charge is 2.27. The topological polar surface area (TPSA) is 84.5 Å². The van der Waals surface area contributed by atoms with Gasteiger partial charge in [0.15, 0.2) is 0 Å². The number of hydrogen-bond donors (Lipinski definition) is 2. The zero-order valence-electron chi connectivity index (χ0n) is 18.1. The molecule has 0 bridgehead atoms. The second-order valence-electron chi connectivity index (χ2n) is 7.44. The summed E-state index contributed by atoms with van der Waals surface area (Å²) in [6.45, 7) is 1.85. The minimum Gasteiger partial charge on any atom is -0.495 e. The van der Waals surface area contributed by atoms with Crippen LogP contribution in [0.3, 0.4) is 0 Å². The van der Waals surface area contributed by atoms with Gasteiger partial charge in [0.2, 0.25) is 15.9 Å². The number of halogens is 2. The maximum absolute atomic E-state index is 13.2. The van der Waals surface area contributed by atoms with Crippen LogP contribution in [0.4, 0.5) is 0 Å². The lowest BCUT2D eigenvalue weighted by Gasteiger charge is -2.22. The minimum absolute atomic E-state index is 0.0554. The van der Waals surface area contributed by atoms with Gasteiger partial charge in [0.05, 0.1) is 23.1 Å². The summed E-state index contributed by atoms with van der Waals surface area (Å²) < 4.78 is 34.7. The first-order chi connectivity index (χ1) is 15.7. The predicted molar refractivity (Wildman–Crippen MR) is 133 cm³/mol. The summed E-state index contributed by atoms with van der Waals surface area (Å²) in [5.74, 6) is -0.0741. The average Bonchev–Trinajstić information content (AvgIpc) is 2.79. The van der Waals surface area contributed by atoms with E-state index in [4.69, 9.17) is 16.3 Å². The van der Waals surface area contributed by atoms with Gasteiger partial charge < -0.3 is 10.1 Å². The molecule has 0 heterocycles. The van der Waals surface area contributed by atoms with Crippen LogP contribution >= 0.6 is 27.5 Å². The number of carbonyl (C=O) groups is 1. The summed E-state index contributed by atoms with van der Waals surface area (Å²) in [5.41, 5.74) is 1.72. The average molecular weight is 552 g/mol. The fourth-order valence-electron chi connectivity index (χ4n) is 3.26. The number of nitrogens with one attached hydrogen (secondary N) is 2. The van der Waals surface area contributed by atoms with Crippen LogP contribution in [0.2, 0.25) is 5.02 Å². The van der Waals surface area contributed by atoms with Gasteiger partial charge >= 0.3 is 0 Å². The Hall–Kier alpha value is -2.39. The van der Waals surface area contributed by atoms with E-state index in [2.05, 4.69) is 26.0 Å². The Morgan fingerprint density at radius 1 is 1.06 bits per heavy atom. The Bertz CT molecular complexity index is 1200. The van der Waals surface area contributed by atoms with Crippen molar-refractivity contribution >= 4 is 43.5 Å². The molecule has 6 nitrogen and oxygen atoms in total. The van der Waals surface area contributed by atoms with E-state index in [0.29, 0.717) is 5.75 Å². The van der Waals surface area contributed by atoms with Crippen LogP contribution in [0.5, 0.6) is 5.75 Å². The summed E-state index contributed by atoms with van der Waals surface area (Å²) >= 11 is 9.51. The van der Waals surface area contributed by atoms with Gasteiger partial charge in [0.1, 0.15) is 11.8 Å². The van der Waals surface area contributed by atoms with Crippen molar-refractivity contribution in [2.75, 3.05) is 7.11 Å². The molecule has 33 heavy (non-hydrogen) atoms. The van der Waals surface area contributed by atoms with E-state index in [1.807, 2.05) is 61.5 Å². The maximum Gasteiger partial charge on any atom is 0.241 e. The molecule has 9 heteroatoms. The van der Waals surface area contributed by atoms with Gasteiger partial charge in [-0.2, -0.15) is 4.72 Å². The Kier molecular flexibility index (Phi) is 8.53. The van der Waals surface area contributed by atoms with Crippen molar-refractivity contribution in [3.8, 4) is 5.75 Å². The molecule has 0 aromatic heterocycles. The quantitative estimate of drug-likeness (QED) is 0.397. The monoisotopic (exact) mass is 550 g/mol. The number of hydrogen-bond acceptors (Lipinski definition) is 4. The summed E-state index contributed by atoms with van der Waals surface area (Å²) in [4.78, 5) is 13.1. The smallest absolute Gasteiger partial charge is 0.241 e. The molecule has 0 aliphatic rings. The van der Waals surface area contributed by atoms with Gasteiger partial charge in [-0.15, -0.1) is 0 Å². The number of carbonyl (C=O) groups excluding carboxylic acids is 1. The molecule has 2 atom stereocenters. The normalized spacial score (nSPS) is 13.2. The largest absolute Gasteiger partial charge is 0.495 e. The molecule has 0 spiro atoms. The Morgan fingerprint density at radius 3 is 2.33 bits per heavy atom. The van der Waals surface area contributed by atoms with E-state index < -0.39 is 22.0 Å². The SMILES string of the molecule is COc1ccc(S(=O)(=O)N[C@@H](Cc2ccccc2)C(=O)N[C@@H](C)c2ccc(Br)cc2)cc1Cl. The third-order valence-corrected chi connectivity index (χ3v) is 7.35. The van der Waals surface area contributed by atoms with Crippen LogP contribution in [0.1, 0.15) is 24.1 Å². The molecule has 0 saturated heterocycles. The summed E-state index contributed by atoms with van der Waals surface area (Å²) in [7, 11) is -2.59. The second-order valence-corrected chi connectivity index (χ2v) is 10.5. The lowest BCUT2D eigenvalue weighted by molar-refractivity contribution is -0.123. The molecule has 0 aliphatic carbocycles. The molecule has 174 valence electrons. The Morgan fingerprint density at radius 2 is 1.73 bits per heavy atom. The van der Waals surface area contributed by atoms with Crippen molar-refractivity contribution in [2.45, 2.75) is 30.3 Å². The minimum atomic E-state index is -4.04. The Balaban J connectivity index is 1.84. The number of sulfonamides is 1. The van der Waals surface area contributed by atoms with E-state index in [1.54, 1.807) is 0 Å². The van der Waals surface area contributed by atoms with Crippen molar-refractivity contribution in [3.05, 3.63) is 93.4 Å². The van der Waals surface area contributed by atoms with Crippen molar-refractivity contribution < 1.29 is 17.9 Å². The standard InChI is InChI=1S/C24H24BrClN2O4S/c1-16(18-8-10-19(25)11-9-18)27-24(29)22(14-17-6-4-3-5-7-17)28-33(30,31)20-12-13-23(32-2)21(26)15-20/h3-13,15-16,22,28H,14H2,1-2H3,(H,27,29)/t16-,22-/m0/s1. The highest BCUT2D eigenvalue weighted by molar-refractivity contribution is 9.10. The van der Waals surface area contributed by atoms with Crippen LogP contribution < -0.4 is 14.8 Å². The molecule has 0 radical (unpaired) electrons. The van der Waals surface area contributed by atoms with Crippen molar-refractivity contribution in [3.63, 3.8) is 0 Å². The fraction of sp³-hybridized carbons (Fsp3) is 0.208. The van der Waals surface area contributed by atoms with Crippen molar-refractivity contribution in [1.82, 2.24) is 10.0 Å². The van der Waals surface area contributed by atoms with Crippen LogP contribution in [0.15, 0.2) is 82.2 Å². The molecular formula is C24H24BrClN2O4S. The van der Waals surface area contributed by atoms with E-state index in [0.717, 1.165) is 15.6 Å². The zero-order chi connectivity index (χ0) is 24.0. The summed E-state index contributed by atoms with van der Waals surface area (Å²) in [5, 5.41) is 3.07. The molecule has 1 amide bonds. The first-order valence-electron chi connectivity index (χ1n) is 10.1. The van der Waals surface area contributed by atoms with E-state index in [-0.39, 0.29) is 22.4 Å². The second kappa shape index (κ2) is 11.2. The third kappa shape index (κ3) is 6.80. The van der Waals surface area contributed by atoms with Crippen molar-refractivity contribution in [2.24, 2.45) is 0 Å². The van der Waals surface area contributed by atoms with E-state index in [9.17, 15) is 13.2 Å². The zero-order valence-corrected chi connectivity index (χ0v) is 21.2. The van der Waals surface area contributed by atoms with Gasteiger partial charge in [-0.1, -0.05) is 70.0 Å². The van der Waals surface area contributed by atoms with E-state index >= 15 is 0 Å². The fourth-order valence-corrected chi connectivity index (χ4v) is 5.06. The van der Waals surface area contributed by atoms with Gasteiger partial charge in [-0.05, 0) is 54.8 Å². The molecular weight excluding hydrogens is 528 g/mol. The Labute approximate surface area is 207 Å². The van der Waals surface area contributed by atoms with Gasteiger partial charge in [0, 0.05) is 4.47 Å². The number of methoxy groups -OCH3 is 1. The van der Waals surface area contributed by atoms with E-state index in [1.165, 1.54) is 25.3 Å². The molecule has 3 aromatic rings. The van der Waals surface area contributed by atoms with Gasteiger partial charge in [-0.3, -0.25) is 4.79 Å². The molecule has 2 N–H and O–H groups in total. The van der Waals surface area contributed by atoms with Crippen LogP contribution in [-0.2, 0) is 21.2 Å². The summed E-state index contributed by atoms with van der Waals surface area (Å²) in [6.07, 6.45) is 0.183. The maximum atomic E-state index is 13.2. The molecule has 0 fully saturated rings. The van der Waals surface area contributed by atoms with Gasteiger partial charge in [0.25, 0.3) is 0 Å². The van der Waals surface area contributed by atoms with Crippen LogP contribution in [0, 0.1) is 0 Å². The lowest BCUT2D eigenvalue weighted by Crippen LogP contribution is -2.48. The summed E-state index contributed by atoms with van der Waals surface area (Å²) in [6, 6.07) is 19.6. The molecule has 0 unspecified atom stereocenters. The molecule has 3 rings (SSSR count). The van der Waals surface area contributed by atoms with Crippen LogP contribution in [-0.4, -0.2) is 27.5 Å². The highest BCUT2D eigenvalue weighted by Crippen LogP contribution is 2.27. The van der Waals surface area contributed by atoms with Crippen LogP contribution in [0.25, 0.3) is 0 Å². The molecule has 0 saturated carbocycles. The number of rotatable bonds is 9. The van der Waals surface area contributed by atoms with Crippen molar-refractivity contribution in [1.29, 1.82) is 0 Å². The molecule has 3 aromatic carbocycles. The number of amides is 1. The highest BCUT2D eigenvalue weighted by atomic mass is 79.9. The number of ether oxygens (including phenoxy) is 1. The first-order valence-corrected chi connectivity index (χ1v) is 12.8.